The zero-order valence-corrected chi connectivity index (χ0v) is 15.4. The monoisotopic (exact) mass is 396 g/mol. The van der Waals surface area contributed by atoms with Gasteiger partial charge in [-0.2, -0.15) is 8.78 Å². The molecule has 0 saturated heterocycles. The van der Waals surface area contributed by atoms with Crippen LogP contribution >= 0.6 is 11.6 Å². The standard InChI is InChI=1S/C18H15ClF2N2O4/c1-9-6-12(10(2)25-9)16-22-23-17(27-16)13(19)7-11-4-5-14(26-18(20)21)15(8-11)24-3/h4-8,18H,1-3H3/b13-7-. The van der Waals surface area contributed by atoms with Crippen LogP contribution in [0.4, 0.5) is 8.78 Å². The van der Waals surface area contributed by atoms with Crippen LogP contribution in [0.5, 0.6) is 11.5 Å². The van der Waals surface area contributed by atoms with Gasteiger partial charge in [-0.1, -0.05) is 17.7 Å². The molecule has 0 atom stereocenters. The minimum absolute atomic E-state index is 0.0772. The van der Waals surface area contributed by atoms with Gasteiger partial charge in [0.25, 0.3) is 11.8 Å². The van der Waals surface area contributed by atoms with E-state index in [0.29, 0.717) is 16.9 Å². The van der Waals surface area contributed by atoms with E-state index in [-0.39, 0.29) is 28.3 Å². The van der Waals surface area contributed by atoms with Crippen LogP contribution in [0.1, 0.15) is 23.0 Å². The van der Waals surface area contributed by atoms with Gasteiger partial charge in [0.15, 0.2) is 11.5 Å². The van der Waals surface area contributed by atoms with Crippen molar-refractivity contribution in [1.29, 1.82) is 0 Å². The summed E-state index contributed by atoms with van der Waals surface area (Å²) in [7, 11) is 1.35. The second-order valence-electron chi connectivity index (χ2n) is 5.52. The molecule has 0 radical (unpaired) electrons. The van der Waals surface area contributed by atoms with Gasteiger partial charge < -0.3 is 18.3 Å². The van der Waals surface area contributed by atoms with Gasteiger partial charge in [0.2, 0.25) is 0 Å². The molecule has 0 aliphatic heterocycles. The van der Waals surface area contributed by atoms with Gasteiger partial charge in [-0.15, -0.1) is 10.2 Å². The van der Waals surface area contributed by atoms with E-state index >= 15 is 0 Å². The third kappa shape index (κ3) is 4.28. The fourth-order valence-electron chi connectivity index (χ4n) is 2.45. The fourth-order valence-corrected chi connectivity index (χ4v) is 2.65. The molecule has 1 aromatic carbocycles. The summed E-state index contributed by atoms with van der Waals surface area (Å²) in [5.41, 5.74) is 1.26. The van der Waals surface area contributed by atoms with Crippen molar-refractivity contribution in [2.24, 2.45) is 0 Å². The molecule has 3 aromatic rings. The number of nitrogens with zero attached hydrogens (tertiary/aromatic N) is 2. The summed E-state index contributed by atoms with van der Waals surface area (Å²) in [6, 6.07) is 6.19. The summed E-state index contributed by atoms with van der Waals surface area (Å²) in [5.74, 6) is 1.83. The minimum atomic E-state index is -2.95. The maximum Gasteiger partial charge on any atom is 0.387 e. The Morgan fingerprint density at radius 1 is 1.15 bits per heavy atom. The number of aromatic nitrogens is 2. The molecule has 142 valence electrons. The van der Waals surface area contributed by atoms with Crippen molar-refractivity contribution in [3.63, 3.8) is 0 Å². The summed E-state index contributed by atoms with van der Waals surface area (Å²) in [6.45, 7) is 0.657. The van der Waals surface area contributed by atoms with Crippen LogP contribution in [0, 0.1) is 13.8 Å². The Labute approximate surface area is 158 Å². The Balaban J connectivity index is 1.86. The molecule has 0 amide bonds. The Kier molecular flexibility index (Phi) is 5.46. The smallest absolute Gasteiger partial charge is 0.387 e. The van der Waals surface area contributed by atoms with Gasteiger partial charge in [0, 0.05) is 0 Å². The average molecular weight is 397 g/mol. The molecule has 0 aliphatic rings. The number of aryl methyl sites for hydroxylation is 2. The van der Waals surface area contributed by atoms with E-state index in [1.54, 1.807) is 25.1 Å². The maximum absolute atomic E-state index is 12.4. The number of benzene rings is 1. The third-order valence-electron chi connectivity index (χ3n) is 3.60. The first-order valence-corrected chi connectivity index (χ1v) is 8.16. The lowest BCUT2D eigenvalue weighted by Crippen LogP contribution is -2.03. The molecule has 9 heteroatoms. The van der Waals surface area contributed by atoms with E-state index in [9.17, 15) is 8.78 Å². The van der Waals surface area contributed by atoms with Crippen LogP contribution in [-0.2, 0) is 0 Å². The molecule has 0 N–H and O–H groups in total. The number of alkyl halides is 2. The summed E-state index contributed by atoms with van der Waals surface area (Å²) in [5, 5.41) is 8.08. The van der Waals surface area contributed by atoms with Crippen LogP contribution < -0.4 is 9.47 Å². The highest BCUT2D eigenvalue weighted by Crippen LogP contribution is 2.32. The van der Waals surface area contributed by atoms with Gasteiger partial charge in [0.05, 0.1) is 12.7 Å². The van der Waals surface area contributed by atoms with Crippen molar-refractivity contribution in [3.05, 3.63) is 47.2 Å². The topological polar surface area (TPSA) is 70.5 Å². The fraction of sp³-hybridized carbons (Fsp3) is 0.222. The second kappa shape index (κ2) is 7.79. The lowest BCUT2D eigenvalue weighted by Gasteiger charge is -2.10. The predicted molar refractivity (Wildman–Crippen MR) is 94.8 cm³/mol. The molecule has 2 heterocycles. The quantitative estimate of drug-likeness (QED) is 0.563. The largest absolute Gasteiger partial charge is 0.493 e. The van der Waals surface area contributed by atoms with E-state index in [1.165, 1.54) is 19.2 Å². The molecule has 3 rings (SSSR count). The number of hydrogen-bond donors (Lipinski definition) is 0. The van der Waals surface area contributed by atoms with Crippen LogP contribution in [0.3, 0.4) is 0 Å². The highest BCUT2D eigenvalue weighted by Gasteiger charge is 2.16. The van der Waals surface area contributed by atoms with Crippen molar-refractivity contribution in [3.8, 4) is 23.0 Å². The molecule has 27 heavy (non-hydrogen) atoms. The van der Waals surface area contributed by atoms with Crippen molar-refractivity contribution < 1.29 is 27.1 Å². The molecule has 0 unspecified atom stereocenters. The first kappa shape index (κ1) is 18.9. The Morgan fingerprint density at radius 3 is 2.56 bits per heavy atom. The summed E-state index contributed by atoms with van der Waals surface area (Å²) in [6.07, 6.45) is 1.54. The van der Waals surface area contributed by atoms with Gasteiger partial charge in [-0.05, 0) is 43.7 Å². The second-order valence-corrected chi connectivity index (χ2v) is 5.93. The normalized spacial score (nSPS) is 11.9. The van der Waals surface area contributed by atoms with E-state index in [2.05, 4.69) is 14.9 Å². The first-order chi connectivity index (χ1) is 12.9. The van der Waals surface area contributed by atoms with Crippen molar-refractivity contribution in [2.45, 2.75) is 20.5 Å². The molecule has 0 bridgehead atoms. The third-order valence-corrected chi connectivity index (χ3v) is 3.87. The van der Waals surface area contributed by atoms with E-state index in [1.807, 2.05) is 6.92 Å². The summed E-state index contributed by atoms with van der Waals surface area (Å²) in [4.78, 5) is 0. The van der Waals surface area contributed by atoms with Crippen molar-refractivity contribution in [2.75, 3.05) is 7.11 Å². The van der Waals surface area contributed by atoms with Gasteiger partial charge in [-0.3, -0.25) is 0 Å². The van der Waals surface area contributed by atoms with E-state index in [4.69, 9.17) is 25.2 Å². The van der Waals surface area contributed by atoms with Crippen molar-refractivity contribution in [1.82, 2.24) is 10.2 Å². The van der Waals surface area contributed by atoms with Crippen LogP contribution in [0.25, 0.3) is 22.6 Å². The molecule has 6 nitrogen and oxygen atoms in total. The lowest BCUT2D eigenvalue weighted by atomic mass is 10.2. The predicted octanol–water partition coefficient (Wildman–Crippen LogP) is 5.29. The van der Waals surface area contributed by atoms with Crippen LogP contribution in [-0.4, -0.2) is 23.9 Å². The molecule has 0 spiro atoms. The van der Waals surface area contributed by atoms with Crippen LogP contribution in [0.2, 0.25) is 0 Å². The minimum Gasteiger partial charge on any atom is -0.493 e. The highest BCUT2D eigenvalue weighted by molar-refractivity contribution is 6.50. The number of halogens is 3. The van der Waals surface area contributed by atoms with E-state index < -0.39 is 6.61 Å². The van der Waals surface area contributed by atoms with Gasteiger partial charge in [0.1, 0.15) is 16.6 Å². The summed E-state index contributed by atoms with van der Waals surface area (Å²) >= 11 is 6.26. The lowest BCUT2D eigenvalue weighted by molar-refractivity contribution is -0.0512. The van der Waals surface area contributed by atoms with Gasteiger partial charge in [-0.25, -0.2) is 0 Å². The number of methoxy groups -OCH3 is 1. The van der Waals surface area contributed by atoms with Crippen LogP contribution in [0.15, 0.2) is 33.1 Å². The Hall–Kier alpha value is -2.87. The number of rotatable bonds is 6. The number of furan rings is 1. The highest BCUT2D eigenvalue weighted by atomic mass is 35.5. The number of hydrogen-bond acceptors (Lipinski definition) is 6. The zero-order chi connectivity index (χ0) is 19.6. The number of ether oxygens (including phenoxy) is 2. The molecular formula is C18H15ClF2N2O4. The van der Waals surface area contributed by atoms with E-state index in [0.717, 1.165) is 5.76 Å². The van der Waals surface area contributed by atoms with Crippen molar-refractivity contribution >= 4 is 22.7 Å². The molecule has 0 saturated carbocycles. The first-order valence-electron chi connectivity index (χ1n) is 7.78. The Bertz CT molecular complexity index is 982. The SMILES string of the molecule is COc1cc(/C=C(\Cl)c2nnc(-c3cc(C)oc3C)o2)ccc1OC(F)F. The van der Waals surface area contributed by atoms with Gasteiger partial charge >= 0.3 is 6.61 Å². The molecule has 2 aromatic heterocycles. The average Bonchev–Trinajstić information content (AvgIpc) is 3.22. The molecule has 0 fully saturated rings. The Morgan fingerprint density at radius 2 is 1.93 bits per heavy atom. The maximum atomic E-state index is 12.4. The molecule has 0 aliphatic carbocycles. The molecular weight excluding hydrogens is 382 g/mol. The summed E-state index contributed by atoms with van der Waals surface area (Å²) < 4.78 is 45.3. The zero-order valence-electron chi connectivity index (χ0n) is 14.6.